The Bertz CT molecular complexity index is 1120. The van der Waals surface area contributed by atoms with Crippen LogP contribution in [0, 0.1) is 12.7 Å². The van der Waals surface area contributed by atoms with Crippen molar-refractivity contribution in [2.24, 2.45) is 0 Å². The topological polar surface area (TPSA) is 85.6 Å². The van der Waals surface area contributed by atoms with Crippen molar-refractivity contribution in [1.82, 2.24) is 25.0 Å². The number of benzene rings is 1. The number of nitrogens with zero attached hydrogens (tertiary/aromatic N) is 5. The minimum absolute atomic E-state index is 0.172. The Morgan fingerprint density at radius 1 is 1.15 bits per heavy atom. The Balaban J connectivity index is 1.57. The van der Waals surface area contributed by atoms with Gasteiger partial charge < -0.3 is 0 Å². The summed E-state index contributed by atoms with van der Waals surface area (Å²) in [7, 11) is 0. The zero-order chi connectivity index (χ0) is 18.8. The summed E-state index contributed by atoms with van der Waals surface area (Å²) in [5.74, 6) is -0.869. The lowest BCUT2D eigenvalue weighted by atomic mass is 10.3. The fourth-order valence-corrected chi connectivity index (χ4v) is 3.18. The number of rotatable bonds is 4. The average molecular weight is 380 g/mol. The second-order valence-corrected chi connectivity index (χ2v) is 6.53. The van der Waals surface area contributed by atoms with Gasteiger partial charge in [-0.3, -0.25) is 15.1 Å². The number of carbonyl (C=O) groups excluding carboxylic acids is 1. The van der Waals surface area contributed by atoms with Crippen LogP contribution in [0.15, 0.2) is 54.0 Å². The van der Waals surface area contributed by atoms with E-state index in [2.05, 4.69) is 25.6 Å². The number of thiazole rings is 1. The molecule has 0 aliphatic carbocycles. The van der Waals surface area contributed by atoms with Gasteiger partial charge in [-0.15, -0.1) is 16.4 Å². The van der Waals surface area contributed by atoms with Crippen molar-refractivity contribution in [3.05, 3.63) is 71.2 Å². The van der Waals surface area contributed by atoms with Crippen molar-refractivity contribution in [2.45, 2.75) is 6.92 Å². The summed E-state index contributed by atoms with van der Waals surface area (Å²) in [5.41, 5.74) is 2.87. The van der Waals surface area contributed by atoms with Gasteiger partial charge in [0.05, 0.1) is 17.6 Å². The Hall–Kier alpha value is -3.46. The molecule has 7 nitrogen and oxygen atoms in total. The van der Waals surface area contributed by atoms with E-state index in [-0.39, 0.29) is 5.69 Å². The monoisotopic (exact) mass is 380 g/mol. The van der Waals surface area contributed by atoms with Crippen LogP contribution < -0.4 is 5.32 Å². The van der Waals surface area contributed by atoms with Crippen LogP contribution in [-0.2, 0) is 0 Å². The molecule has 0 fully saturated rings. The van der Waals surface area contributed by atoms with Gasteiger partial charge in [0.25, 0.3) is 5.91 Å². The highest BCUT2D eigenvalue weighted by Crippen LogP contribution is 2.24. The molecule has 3 aromatic heterocycles. The lowest BCUT2D eigenvalue weighted by molar-refractivity contribution is 0.101. The van der Waals surface area contributed by atoms with Crippen LogP contribution in [0.3, 0.4) is 0 Å². The number of halogens is 1. The molecule has 0 saturated carbocycles. The number of pyridine rings is 1. The van der Waals surface area contributed by atoms with Crippen LogP contribution in [0.4, 0.5) is 9.52 Å². The highest BCUT2D eigenvalue weighted by atomic mass is 32.1. The molecule has 0 saturated heterocycles. The number of nitrogens with one attached hydrogen (secondary N) is 1. The fraction of sp³-hybridized carbons (Fsp3) is 0.0556. The molecule has 9 heteroatoms. The highest BCUT2D eigenvalue weighted by molar-refractivity contribution is 7.14. The first-order chi connectivity index (χ1) is 13.1. The van der Waals surface area contributed by atoms with Crippen molar-refractivity contribution in [1.29, 1.82) is 0 Å². The first-order valence-electron chi connectivity index (χ1n) is 7.98. The summed E-state index contributed by atoms with van der Waals surface area (Å²) < 4.78 is 14.7. The zero-order valence-corrected chi connectivity index (χ0v) is 14.9. The van der Waals surface area contributed by atoms with Gasteiger partial charge in [0, 0.05) is 11.1 Å². The summed E-state index contributed by atoms with van der Waals surface area (Å²) in [4.78, 5) is 21.4. The van der Waals surface area contributed by atoms with Crippen LogP contribution in [-0.4, -0.2) is 30.9 Å². The molecule has 1 aromatic carbocycles. The van der Waals surface area contributed by atoms with E-state index < -0.39 is 11.7 Å². The molecule has 0 aliphatic rings. The normalized spacial score (nSPS) is 10.7. The van der Waals surface area contributed by atoms with E-state index in [1.807, 2.05) is 30.5 Å². The van der Waals surface area contributed by atoms with Crippen LogP contribution >= 0.6 is 11.3 Å². The molecule has 0 unspecified atom stereocenters. The van der Waals surface area contributed by atoms with E-state index in [4.69, 9.17) is 0 Å². The standard InChI is InChI=1S/C18H13FN6OS/c1-11-4-2-7-14(21-11)15-10-27-18(22-15)23-17(26)16-9-20-24-25(16)13-6-3-5-12(19)8-13/h2-10H,1H3,(H,22,23,26). The van der Waals surface area contributed by atoms with Gasteiger partial charge in [0.2, 0.25) is 0 Å². The van der Waals surface area contributed by atoms with Crippen LogP contribution in [0.5, 0.6) is 0 Å². The van der Waals surface area contributed by atoms with Crippen molar-refractivity contribution < 1.29 is 9.18 Å². The zero-order valence-electron chi connectivity index (χ0n) is 14.1. The lowest BCUT2D eigenvalue weighted by Gasteiger charge is -2.05. The third-order valence-electron chi connectivity index (χ3n) is 3.71. The quantitative estimate of drug-likeness (QED) is 0.586. The number of hydrogen-bond donors (Lipinski definition) is 1. The maximum atomic E-state index is 13.5. The molecule has 0 spiro atoms. The summed E-state index contributed by atoms with van der Waals surface area (Å²) in [6.45, 7) is 1.90. The van der Waals surface area contributed by atoms with Gasteiger partial charge >= 0.3 is 0 Å². The molecule has 1 N–H and O–H groups in total. The van der Waals surface area contributed by atoms with E-state index in [0.29, 0.717) is 16.5 Å². The number of aromatic nitrogens is 5. The number of hydrogen-bond acceptors (Lipinski definition) is 6. The molecular formula is C18H13FN6OS. The SMILES string of the molecule is Cc1cccc(-c2csc(NC(=O)c3cnnn3-c3cccc(F)c3)n2)n1. The molecule has 0 atom stereocenters. The molecule has 3 heterocycles. The first-order valence-corrected chi connectivity index (χ1v) is 8.86. The summed E-state index contributed by atoms with van der Waals surface area (Å²) in [6.07, 6.45) is 1.32. The third kappa shape index (κ3) is 3.58. The summed E-state index contributed by atoms with van der Waals surface area (Å²) >= 11 is 1.29. The summed E-state index contributed by atoms with van der Waals surface area (Å²) in [5, 5.41) is 12.6. The molecule has 4 aromatic rings. The molecule has 0 radical (unpaired) electrons. The largest absolute Gasteiger partial charge is 0.296 e. The molecule has 1 amide bonds. The Morgan fingerprint density at radius 3 is 2.81 bits per heavy atom. The van der Waals surface area contributed by atoms with Gasteiger partial charge in [-0.1, -0.05) is 17.3 Å². The molecular weight excluding hydrogens is 367 g/mol. The average Bonchev–Trinajstić information content (AvgIpc) is 3.31. The number of anilines is 1. The summed E-state index contributed by atoms with van der Waals surface area (Å²) in [6, 6.07) is 11.4. The van der Waals surface area contributed by atoms with Crippen molar-refractivity contribution in [2.75, 3.05) is 5.32 Å². The number of carbonyl (C=O) groups is 1. The second-order valence-electron chi connectivity index (χ2n) is 5.67. The van der Waals surface area contributed by atoms with Gasteiger partial charge in [-0.05, 0) is 37.3 Å². The van der Waals surface area contributed by atoms with Gasteiger partial charge in [0.15, 0.2) is 10.8 Å². The van der Waals surface area contributed by atoms with E-state index in [1.54, 1.807) is 6.07 Å². The van der Waals surface area contributed by atoms with Crippen LogP contribution in [0.2, 0.25) is 0 Å². The molecule has 0 bridgehead atoms. The van der Waals surface area contributed by atoms with Gasteiger partial charge in [-0.25, -0.2) is 14.1 Å². The van der Waals surface area contributed by atoms with Crippen molar-refractivity contribution >= 4 is 22.4 Å². The van der Waals surface area contributed by atoms with Crippen molar-refractivity contribution in [3.63, 3.8) is 0 Å². The molecule has 4 rings (SSSR count). The molecule has 27 heavy (non-hydrogen) atoms. The van der Waals surface area contributed by atoms with Crippen molar-refractivity contribution in [3.8, 4) is 17.1 Å². The molecule has 0 aliphatic heterocycles. The number of aryl methyl sites for hydroxylation is 1. The van der Waals surface area contributed by atoms with E-state index in [0.717, 1.165) is 11.4 Å². The predicted molar refractivity (Wildman–Crippen MR) is 99.4 cm³/mol. The second kappa shape index (κ2) is 7.04. The first kappa shape index (κ1) is 17.0. The maximum Gasteiger partial charge on any atom is 0.277 e. The predicted octanol–water partition coefficient (Wildman–Crippen LogP) is 3.49. The minimum atomic E-state index is -0.442. The Morgan fingerprint density at radius 2 is 2.00 bits per heavy atom. The number of amides is 1. The lowest BCUT2D eigenvalue weighted by Crippen LogP contribution is -2.17. The Kier molecular flexibility index (Phi) is 4.43. The van der Waals surface area contributed by atoms with E-state index >= 15 is 0 Å². The molecule has 134 valence electrons. The Labute approximate surface area is 157 Å². The van der Waals surface area contributed by atoms with Crippen LogP contribution in [0.25, 0.3) is 17.1 Å². The van der Waals surface area contributed by atoms with Gasteiger partial charge in [-0.2, -0.15) is 0 Å². The smallest absolute Gasteiger partial charge is 0.277 e. The fourth-order valence-electron chi connectivity index (χ4n) is 2.48. The van der Waals surface area contributed by atoms with E-state index in [9.17, 15) is 9.18 Å². The maximum absolute atomic E-state index is 13.5. The minimum Gasteiger partial charge on any atom is -0.296 e. The third-order valence-corrected chi connectivity index (χ3v) is 4.47. The van der Waals surface area contributed by atoms with Gasteiger partial charge in [0.1, 0.15) is 11.5 Å². The van der Waals surface area contributed by atoms with E-state index in [1.165, 1.54) is 40.4 Å². The van der Waals surface area contributed by atoms with Crippen LogP contribution in [0.1, 0.15) is 16.2 Å². The highest BCUT2D eigenvalue weighted by Gasteiger charge is 2.17.